The number of carbonyl (C=O) groups is 2. The molecule has 0 aliphatic carbocycles. The minimum Gasteiger partial charge on any atom is -0.493 e. The van der Waals surface area contributed by atoms with E-state index in [-0.39, 0.29) is 31.9 Å². The molecule has 1 aromatic rings. The van der Waals surface area contributed by atoms with Crippen LogP contribution in [-0.2, 0) is 9.59 Å². The summed E-state index contributed by atoms with van der Waals surface area (Å²) in [5.41, 5.74) is 0. The number of amides is 1. The minimum atomic E-state index is -1.10. The predicted octanol–water partition coefficient (Wildman–Crippen LogP) is 1.16. The van der Waals surface area contributed by atoms with E-state index < -0.39 is 18.1 Å². The van der Waals surface area contributed by atoms with Crippen molar-refractivity contribution in [1.29, 1.82) is 0 Å². The molecule has 7 heteroatoms. The number of carboxylic acids is 1. The number of aliphatic carboxylic acids is 1. The largest absolute Gasteiger partial charge is 0.493 e. The van der Waals surface area contributed by atoms with Crippen molar-refractivity contribution in [3.63, 3.8) is 0 Å². The number of carboxylic acid groups (broad SMARTS) is 1. The zero-order valence-corrected chi connectivity index (χ0v) is 12.0. The zero-order chi connectivity index (χ0) is 15.4. The molecule has 2 rings (SSSR count). The molecule has 1 aliphatic heterocycles. The molecule has 21 heavy (non-hydrogen) atoms. The van der Waals surface area contributed by atoms with Crippen LogP contribution in [0.1, 0.15) is 12.8 Å². The molecule has 6 nitrogen and oxygen atoms in total. The van der Waals surface area contributed by atoms with Crippen LogP contribution in [0, 0.1) is 0 Å². The third kappa shape index (κ3) is 4.09. The molecule has 1 fully saturated rings. The molecule has 1 saturated heterocycles. The smallest absolute Gasteiger partial charge is 0.326 e. The Kier molecular flexibility index (Phi) is 5.03. The van der Waals surface area contributed by atoms with Gasteiger partial charge >= 0.3 is 5.97 Å². The maximum atomic E-state index is 12.0. The Bertz CT molecular complexity index is 536. The molecule has 0 radical (unpaired) electrons. The number of rotatable bonds is 5. The average molecular weight is 314 g/mol. The van der Waals surface area contributed by atoms with Gasteiger partial charge in [-0.1, -0.05) is 17.7 Å². The van der Waals surface area contributed by atoms with Crippen LogP contribution in [-0.4, -0.2) is 52.3 Å². The molecule has 1 amide bonds. The van der Waals surface area contributed by atoms with Crippen LogP contribution < -0.4 is 4.74 Å². The SMILES string of the molecule is O=C(O)[C@@H]1CC(O)CN1C(=O)CCOc1cccc(Cl)c1. The molecule has 1 aliphatic rings. The van der Waals surface area contributed by atoms with Gasteiger partial charge in [-0.15, -0.1) is 0 Å². The number of hydrogen-bond acceptors (Lipinski definition) is 4. The van der Waals surface area contributed by atoms with Crippen LogP contribution in [0.2, 0.25) is 5.02 Å². The Morgan fingerprint density at radius 3 is 2.86 bits per heavy atom. The summed E-state index contributed by atoms with van der Waals surface area (Å²) in [6.07, 6.45) is -0.678. The lowest BCUT2D eigenvalue weighted by atomic mass is 10.2. The van der Waals surface area contributed by atoms with Crippen molar-refractivity contribution < 1.29 is 24.5 Å². The number of β-amino-alcohol motifs (C(OH)–C–C–N with tert-alkyl or cyclic N) is 1. The molecule has 0 bridgehead atoms. The van der Waals surface area contributed by atoms with E-state index in [1.54, 1.807) is 24.3 Å². The number of halogens is 1. The molecule has 1 heterocycles. The average Bonchev–Trinajstić information content (AvgIpc) is 2.81. The molecular weight excluding hydrogens is 298 g/mol. The number of aliphatic hydroxyl groups is 1. The summed E-state index contributed by atoms with van der Waals surface area (Å²) in [7, 11) is 0. The number of aliphatic hydroxyl groups excluding tert-OH is 1. The van der Waals surface area contributed by atoms with E-state index in [9.17, 15) is 14.7 Å². The minimum absolute atomic E-state index is 0.0447. The van der Waals surface area contributed by atoms with E-state index in [1.807, 2.05) is 0 Å². The second-order valence-electron chi connectivity index (χ2n) is 4.85. The van der Waals surface area contributed by atoms with Crippen LogP contribution >= 0.6 is 11.6 Å². The van der Waals surface area contributed by atoms with E-state index in [1.165, 1.54) is 4.90 Å². The third-order valence-corrected chi connectivity index (χ3v) is 3.50. The summed E-state index contributed by atoms with van der Waals surface area (Å²) in [5.74, 6) is -0.900. The summed E-state index contributed by atoms with van der Waals surface area (Å²) in [4.78, 5) is 24.2. The highest BCUT2D eigenvalue weighted by atomic mass is 35.5. The molecule has 0 spiro atoms. The molecular formula is C14H16ClNO5. The predicted molar refractivity (Wildman–Crippen MR) is 75.3 cm³/mol. The second-order valence-corrected chi connectivity index (χ2v) is 5.28. The third-order valence-electron chi connectivity index (χ3n) is 3.27. The first-order valence-corrected chi connectivity index (χ1v) is 6.94. The summed E-state index contributed by atoms with van der Waals surface area (Å²) in [5, 5.41) is 19.1. The van der Waals surface area contributed by atoms with Crippen molar-refractivity contribution in [3.8, 4) is 5.75 Å². The highest BCUT2D eigenvalue weighted by Crippen LogP contribution is 2.20. The van der Waals surface area contributed by atoms with E-state index in [2.05, 4.69) is 0 Å². The van der Waals surface area contributed by atoms with Crippen LogP contribution in [0.5, 0.6) is 5.75 Å². The monoisotopic (exact) mass is 313 g/mol. The van der Waals surface area contributed by atoms with Crippen molar-refractivity contribution in [2.24, 2.45) is 0 Å². The number of benzene rings is 1. The van der Waals surface area contributed by atoms with Crippen molar-refractivity contribution >= 4 is 23.5 Å². The van der Waals surface area contributed by atoms with Gasteiger partial charge in [0.05, 0.1) is 19.1 Å². The van der Waals surface area contributed by atoms with Gasteiger partial charge in [0.25, 0.3) is 0 Å². The lowest BCUT2D eigenvalue weighted by Crippen LogP contribution is -2.41. The number of likely N-dealkylation sites (tertiary alicyclic amines) is 1. The maximum Gasteiger partial charge on any atom is 0.326 e. The Labute approximate surface area is 126 Å². The molecule has 0 saturated carbocycles. The van der Waals surface area contributed by atoms with Crippen LogP contribution in [0.25, 0.3) is 0 Å². The van der Waals surface area contributed by atoms with Crippen molar-refractivity contribution in [1.82, 2.24) is 4.90 Å². The normalized spacial score (nSPS) is 21.3. The summed E-state index contributed by atoms with van der Waals surface area (Å²) >= 11 is 5.81. The van der Waals surface area contributed by atoms with E-state index in [4.69, 9.17) is 21.4 Å². The Hall–Kier alpha value is -1.79. The van der Waals surface area contributed by atoms with Gasteiger partial charge in [0.15, 0.2) is 0 Å². The maximum absolute atomic E-state index is 12.0. The topological polar surface area (TPSA) is 87.1 Å². The Balaban J connectivity index is 1.85. The summed E-state index contributed by atoms with van der Waals surface area (Å²) in [6.45, 7) is 0.172. The van der Waals surface area contributed by atoms with Crippen LogP contribution in [0.3, 0.4) is 0 Å². The standard InChI is InChI=1S/C14H16ClNO5/c15-9-2-1-3-11(6-9)21-5-4-13(18)16-8-10(17)7-12(16)14(19)20/h1-3,6,10,12,17H,4-5,7-8H2,(H,19,20)/t10?,12-/m0/s1. The first-order chi connectivity index (χ1) is 9.97. The Morgan fingerprint density at radius 2 is 2.19 bits per heavy atom. The van der Waals surface area contributed by atoms with E-state index >= 15 is 0 Å². The Morgan fingerprint density at radius 1 is 1.43 bits per heavy atom. The molecule has 1 aromatic carbocycles. The van der Waals surface area contributed by atoms with E-state index in [0.717, 1.165) is 0 Å². The van der Waals surface area contributed by atoms with Gasteiger partial charge in [0, 0.05) is 18.0 Å². The van der Waals surface area contributed by atoms with Gasteiger partial charge in [-0.05, 0) is 18.2 Å². The first kappa shape index (κ1) is 15.6. The van der Waals surface area contributed by atoms with Gasteiger partial charge in [0.1, 0.15) is 11.8 Å². The quantitative estimate of drug-likeness (QED) is 0.851. The van der Waals surface area contributed by atoms with Gasteiger partial charge in [0.2, 0.25) is 5.91 Å². The van der Waals surface area contributed by atoms with E-state index in [0.29, 0.717) is 10.8 Å². The van der Waals surface area contributed by atoms with Crippen molar-refractivity contribution in [2.45, 2.75) is 25.0 Å². The van der Waals surface area contributed by atoms with Crippen molar-refractivity contribution in [2.75, 3.05) is 13.2 Å². The second kappa shape index (κ2) is 6.78. The highest BCUT2D eigenvalue weighted by molar-refractivity contribution is 6.30. The zero-order valence-electron chi connectivity index (χ0n) is 11.2. The molecule has 2 N–H and O–H groups in total. The molecule has 2 atom stereocenters. The van der Waals surface area contributed by atoms with Gasteiger partial charge in [-0.25, -0.2) is 4.79 Å². The lowest BCUT2D eigenvalue weighted by molar-refractivity contribution is -0.148. The van der Waals surface area contributed by atoms with Crippen LogP contribution in [0.4, 0.5) is 0 Å². The van der Waals surface area contributed by atoms with Gasteiger partial charge in [-0.2, -0.15) is 0 Å². The fourth-order valence-corrected chi connectivity index (χ4v) is 2.46. The fourth-order valence-electron chi connectivity index (χ4n) is 2.28. The highest BCUT2D eigenvalue weighted by Gasteiger charge is 2.38. The van der Waals surface area contributed by atoms with Crippen molar-refractivity contribution in [3.05, 3.63) is 29.3 Å². The number of nitrogens with zero attached hydrogens (tertiary/aromatic N) is 1. The summed E-state index contributed by atoms with van der Waals surface area (Å²) in [6, 6.07) is 5.83. The fraction of sp³-hybridized carbons (Fsp3) is 0.429. The molecule has 0 aromatic heterocycles. The number of hydrogen-bond donors (Lipinski definition) is 2. The van der Waals surface area contributed by atoms with Crippen LogP contribution in [0.15, 0.2) is 24.3 Å². The number of carbonyl (C=O) groups excluding carboxylic acids is 1. The lowest BCUT2D eigenvalue weighted by Gasteiger charge is -2.21. The van der Waals surface area contributed by atoms with Gasteiger partial charge < -0.3 is 19.8 Å². The van der Waals surface area contributed by atoms with Gasteiger partial charge in [-0.3, -0.25) is 4.79 Å². The number of ether oxygens (including phenoxy) is 1. The summed E-state index contributed by atoms with van der Waals surface area (Å²) < 4.78 is 5.40. The first-order valence-electron chi connectivity index (χ1n) is 6.56. The molecule has 114 valence electrons. The molecule has 1 unspecified atom stereocenters.